The van der Waals surface area contributed by atoms with Gasteiger partial charge in [-0.05, 0) is 49.3 Å². The number of hydrogen-bond acceptors (Lipinski definition) is 2. The number of rotatable bonds is 3. The normalized spacial score (nSPS) is 45.0. The molecule has 1 saturated heterocycles. The van der Waals surface area contributed by atoms with Crippen LogP contribution in [0.1, 0.15) is 53.9 Å². The van der Waals surface area contributed by atoms with Crippen molar-refractivity contribution in [3.8, 4) is 0 Å². The van der Waals surface area contributed by atoms with E-state index in [9.17, 15) is 0 Å². The molecule has 4 unspecified atom stereocenters. The van der Waals surface area contributed by atoms with Crippen molar-refractivity contribution in [1.29, 1.82) is 0 Å². The third-order valence-corrected chi connectivity index (χ3v) is 5.98. The summed E-state index contributed by atoms with van der Waals surface area (Å²) < 4.78 is 12.6. The van der Waals surface area contributed by atoms with Gasteiger partial charge in [0.15, 0.2) is 0 Å². The van der Waals surface area contributed by atoms with Crippen molar-refractivity contribution >= 4 is 7.12 Å². The highest BCUT2D eigenvalue weighted by Crippen LogP contribution is 2.65. The van der Waals surface area contributed by atoms with Crippen molar-refractivity contribution in [3.05, 3.63) is 0 Å². The van der Waals surface area contributed by atoms with Crippen LogP contribution in [-0.4, -0.2) is 18.8 Å². The molecule has 0 aromatic rings. The lowest BCUT2D eigenvalue weighted by Gasteiger charge is -2.64. The van der Waals surface area contributed by atoms with Crippen molar-refractivity contribution in [1.82, 2.24) is 0 Å². The summed E-state index contributed by atoms with van der Waals surface area (Å²) >= 11 is 0. The van der Waals surface area contributed by atoms with Gasteiger partial charge in [0.05, 0.1) is 11.7 Å². The SMILES string of the molecule is CC(C)CCB1OC2CC3CC(C3(C)C)C2(C)O1. The summed E-state index contributed by atoms with van der Waals surface area (Å²) in [4.78, 5) is 0. The Morgan fingerprint density at radius 1 is 1.22 bits per heavy atom. The predicted molar refractivity (Wildman–Crippen MR) is 74.4 cm³/mol. The second kappa shape index (κ2) is 3.99. The summed E-state index contributed by atoms with van der Waals surface area (Å²) in [5.41, 5.74) is 0.446. The first-order valence-corrected chi connectivity index (χ1v) is 7.67. The van der Waals surface area contributed by atoms with E-state index < -0.39 is 0 Å². The van der Waals surface area contributed by atoms with Gasteiger partial charge in [0.1, 0.15) is 0 Å². The first-order valence-electron chi connectivity index (χ1n) is 7.67. The summed E-state index contributed by atoms with van der Waals surface area (Å²) in [7, 11) is 0.0533. The van der Waals surface area contributed by atoms with Gasteiger partial charge in [0, 0.05) is 0 Å². The molecule has 0 N–H and O–H groups in total. The van der Waals surface area contributed by atoms with Gasteiger partial charge in [0.2, 0.25) is 0 Å². The van der Waals surface area contributed by atoms with E-state index in [4.69, 9.17) is 9.31 Å². The molecule has 2 nitrogen and oxygen atoms in total. The summed E-state index contributed by atoms with van der Waals surface area (Å²) in [6.07, 6.45) is 5.16. The first-order chi connectivity index (χ1) is 8.34. The lowest BCUT2D eigenvalue weighted by molar-refractivity contribution is -0.199. The second-order valence-corrected chi connectivity index (χ2v) is 7.87. The quantitative estimate of drug-likeness (QED) is 0.710. The van der Waals surface area contributed by atoms with Crippen molar-refractivity contribution in [2.24, 2.45) is 23.2 Å². The van der Waals surface area contributed by atoms with E-state index in [0.717, 1.165) is 18.2 Å². The average Bonchev–Trinajstić information content (AvgIpc) is 2.61. The lowest BCUT2D eigenvalue weighted by atomic mass is 9.43. The topological polar surface area (TPSA) is 18.5 Å². The standard InChI is InChI=1S/C15H27BO2/c1-10(2)6-7-16-17-13-9-11-8-12(14(11,3)4)15(13,5)18-16/h10-13H,6-9H2,1-5H3. The fourth-order valence-corrected chi connectivity index (χ4v) is 4.54. The van der Waals surface area contributed by atoms with Crippen LogP contribution in [0.5, 0.6) is 0 Å². The van der Waals surface area contributed by atoms with Crippen LogP contribution in [0, 0.1) is 23.2 Å². The fraction of sp³-hybridized carbons (Fsp3) is 1.00. The van der Waals surface area contributed by atoms with E-state index in [2.05, 4.69) is 34.6 Å². The molecule has 0 amide bonds. The van der Waals surface area contributed by atoms with E-state index in [1.54, 1.807) is 0 Å². The average molecular weight is 250 g/mol. The van der Waals surface area contributed by atoms with Gasteiger partial charge in [-0.3, -0.25) is 0 Å². The predicted octanol–water partition coefficient (Wildman–Crippen LogP) is 3.76. The molecule has 0 aromatic heterocycles. The molecule has 0 spiro atoms. The Morgan fingerprint density at radius 2 is 1.94 bits per heavy atom. The maximum absolute atomic E-state index is 6.37. The molecule has 3 aliphatic carbocycles. The van der Waals surface area contributed by atoms with E-state index in [-0.39, 0.29) is 12.7 Å². The summed E-state index contributed by atoms with van der Waals surface area (Å²) in [5.74, 6) is 2.28. The Labute approximate surface area is 112 Å². The Balaban J connectivity index is 1.69. The summed E-state index contributed by atoms with van der Waals surface area (Å²) in [5, 5.41) is 0. The molecule has 4 atom stereocenters. The zero-order valence-electron chi connectivity index (χ0n) is 12.5. The van der Waals surface area contributed by atoms with Gasteiger partial charge in [0.25, 0.3) is 0 Å². The van der Waals surface area contributed by atoms with Crippen LogP contribution < -0.4 is 0 Å². The van der Waals surface area contributed by atoms with Crippen molar-refractivity contribution in [3.63, 3.8) is 0 Å². The molecule has 1 aliphatic heterocycles. The Morgan fingerprint density at radius 3 is 2.56 bits per heavy atom. The minimum absolute atomic E-state index is 0.0140. The van der Waals surface area contributed by atoms with E-state index >= 15 is 0 Å². The molecule has 18 heavy (non-hydrogen) atoms. The van der Waals surface area contributed by atoms with Crippen LogP contribution in [0.15, 0.2) is 0 Å². The van der Waals surface area contributed by atoms with E-state index in [1.165, 1.54) is 19.3 Å². The van der Waals surface area contributed by atoms with Crippen molar-refractivity contribution in [2.45, 2.75) is 71.9 Å². The van der Waals surface area contributed by atoms with Gasteiger partial charge in [-0.1, -0.05) is 34.1 Å². The maximum Gasteiger partial charge on any atom is 0.457 e. The highest BCUT2D eigenvalue weighted by atomic mass is 16.7. The zero-order chi connectivity index (χ0) is 13.1. The highest BCUT2D eigenvalue weighted by Gasteiger charge is 2.67. The molecule has 4 fully saturated rings. The van der Waals surface area contributed by atoms with Crippen LogP contribution >= 0.6 is 0 Å². The molecule has 1 heterocycles. The van der Waals surface area contributed by atoms with Gasteiger partial charge < -0.3 is 9.31 Å². The van der Waals surface area contributed by atoms with E-state index in [0.29, 0.717) is 17.4 Å². The molecule has 3 saturated carbocycles. The molecule has 0 aromatic carbocycles. The minimum Gasteiger partial charge on any atom is -0.405 e. The minimum atomic E-state index is -0.0140. The molecule has 0 radical (unpaired) electrons. The van der Waals surface area contributed by atoms with Gasteiger partial charge in [-0.2, -0.15) is 0 Å². The van der Waals surface area contributed by atoms with Crippen molar-refractivity contribution in [2.75, 3.05) is 0 Å². The Bertz CT molecular complexity index is 341. The van der Waals surface area contributed by atoms with Crippen LogP contribution in [-0.2, 0) is 9.31 Å². The molecule has 2 bridgehead atoms. The smallest absolute Gasteiger partial charge is 0.405 e. The second-order valence-electron chi connectivity index (χ2n) is 7.87. The molecule has 4 rings (SSSR count). The van der Waals surface area contributed by atoms with Crippen LogP contribution in [0.4, 0.5) is 0 Å². The lowest BCUT2D eigenvalue weighted by Crippen LogP contribution is -2.65. The van der Waals surface area contributed by atoms with Gasteiger partial charge in [-0.15, -0.1) is 0 Å². The van der Waals surface area contributed by atoms with Gasteiger partial charge >= 0.3 is 7.12 Å². The molecule has 4 aliphatic rings. The fourth-order valence-electron chi connectivity index (χ4n) is 4.54. The molecule has 102 valence electrons. The Hall–Kier alpha value is -0.0151. The van der Waals surface area contributed by atoms with Crippen LogP contribution in [0.2, 0.25) is 6.32 Å². The third-order valence-electron chi connectivity index (χ3n) is 5.98. The molecule has 3 heteroatoms. The molecular formula is C15H27BO2. The largest absolute Gasteiger partial charge is 0.457 e. The number of hydrogen-bond donors (Lipinski definition) is 0. The zero-order valence-corrected chi connectivity index (χ0v) is 12.5. The van der Waals surface area contributed by atoms with Crippen molar-refractivity contribution < 1.29 is 9.31 Å². The third kappa shape index (κ3) is 1.70. The summed E-state index contributed by atoms with van der Waals surface area (Å²) in [6, 6.07) is 0. The summed E-state index contributed by atoms with van der Waals surface area (Å²) in [6.45, 7) is 11.7. The van der Waals surface area contributed by atoms with Crippen LogP contribution in [0.25, 0.3) is 0 Å². The van der Waals surface area contributed by atoms with Gasteiger partial charge in [-0.25, -0.2) is 0 Å². The highest BCUT2D eigenvalue weighted by molar-refractivity contribution is 6.45. The molecular weight excluding hydrogens is 223 g/mol. The van der Waals surface area contributed by atoms with Crippen LogP contribution in [0.3, 0.4) is 0 Å². The Kier molecular flexibility index (Phi) is 2.88. The maximum atomic E-state index is 6.37. The van der Waals surface area contributed by atoms with E-state index in [1.807, 2.05) is 0 Å². The first kappa shape index (κ1) is 13.0. The monoisotopic (exact) mass is 250 g/mol.